The molecule has 24 heavy (non-hydrogen) atoms. The predicted molar refractivity (Wildman–Crippen MR) is 88.5 cm³/mol. The van der Waals surface area contributed by atoms with Gasteiger partial charge in [0.2, 0.25) is 5.91 Å². The Labute approximate surface area is 146 Å². The van der Waals surface area contributed by atoms with Crippen LogP contribution in [0.2, 0.25) is 0 Å². The average molecular weight is 366 g/mol. The van der Waals surface area contributed by atoms with Gasteiger partial charge in [0.05, 0.1) is 19.1 Å². The second-order valence-electron chi connectivity index (χ2n) is 5.39. The van der Waals surface area contributed by atoms with E-state index in [9.17, 15) is 19.5 Å². The summed E-state index contributed by atoms with van der Waals surface area (Å²) in [4.78, 5) is 34.5. The number of carbonyl (C=O) groups is 3. The maximum atomic E-state index is 11.9. The number of hydrogen-bond donors (Lipinski definition) is 6. The summed E-state index contributed by atoms with van der Waals surface area (Å²) in [7, 11) is 0. The minimum absolute atomic E-state index is 0.269. The molecule has 0 aromatic rings. The first-order chi connectivity index (χ1) is 11.2. The molecule has 0 saturated carbocycles. The molecule has 0 aromatic carbocycles. The van der Waals surface area contributed by atoms with Crippen LogP contribution in [-0.2, 0) is 19.1 Å². The summed E-state index contributed by atoms with van der Waals surface area (Å²) in [6.45, 7) is 0.589. The van der Waals surface area contributed by atoms with Gasteiger partial charge in [-0.2, -0.15) is 12.6 Å². The van der Waals surface area contributed by atoms with Crippen molar-refractivity contribution in [3.05, 3.63) is 0 Å². The molecule has 140 valence electrons. The third kappa shape index (κ3) is 9.06. The minimum Gasteiger partial charge on any atom is -0.480 e. The zero-order chi connectivity index (χ0) is 18.7. The first kappa shape index (κ1) is 22.6. The molecule has 0 aliphatic carbocycles. The summed E-state index contributed by atoms with van der Waals surface area (Å²) in [5.74, 6) is -2.26. The van der Waals surface area contributed by atoms with Crippen molar-refractivity contribution in [3.8, 4) is 0 Å². The molecule has 9 nitrogen and oxygen atoms in total. The Morgan fingerprint density at radius 2 is 1.92 bits per heavy atom. The number of rotatable bonds is 12. The van der Waals surface area contributed by atoms with E-state index in [0.29, 0.717) is 18.6 Å². The van der Waals surface area contributed by atoms with E-state index in [0.717, 1.165) is 6.42 Å². The molecule has 0 fully saturated rings. The van der Waals surface area contributed by atoms with Gasteiger partial charge in [-0.1, -0.05) is 0 Å². The lowest BCUT2D eigenvalue weighted by Crippen LogP contribution is -2.46. The fraction of sp³-hybridized carbons (Fsp3) is 0.786. The average Bonchev–Trinajstić information content (AvgIpc) is 2.51. The number of thiol groups is 1. The van der Waals surface area contributed by atoms with E-state index < -0.39 is 48.7 Å². The normalized spacial score (nSPS) is 15.9. The number of esters is 1. The van der Waals surface area contributed by atoms with Gasteiger partial charge >= 0.3 is 11.9 Å². The van der Waals surface area contributed by atoms with Crippen LogP contribution >= 0.6 is 12.6 Å². The Balaban J connectivity index is 4.72. The molecule has 0 bridgehead atoms. The van der Waals surface area contributed by atoms with Crippen molar-refractivity contribution in [1.29, 1.82) is 0 Å². The van der Waals surface area contributed by atoms with Crippen molar-refractivity contribution < 1.29 is 34.4 Å². The molecule has 0 rings (SSSR count). The highest BCUT2D eigenvalue weighted by molar-refractivity contribution is 7.80. The Kier molecular flexibility index (Phi) is 11.4. The Bertz CT molecular complexity index is 420. The van der Waals surface area contributed by atoms with Gasteiger partial charge in [0.25, 0.3) is 0 Å². The zero-order valence-electron chi connectivity index (χ0n) is 13.6. The summed E-state index contributed by atoms with van der Waals surface area (Å²) in [5, 5.41) is 29.1. The van der Waals surface area contributed by atoms with Crippen molar-refractivity contribution in [2.45, 2.75) is 56.9 Å². The SMILES string of the molecule is CC(O)C(N)C(=O)OC(CCCCS)CC(=O)N[C@H](CO)C(=O)O. The van der Waals surface area contributed by atoms with E-state index in [1.807, 2.05) is 0 Å². The number of carboxylic acids is 1. The molecule has 0 aliphatic heterocycles. The molecule has 6 N–H and O–H groups in total. The Morgan fingerprint density at radius 3 is 2.38 bits per heavy atom. The van der Waals surface area contributed by atoms with Crippen LogP contribution in [0.15, 0.2) is 0 Å². The Hall–Kier alpha value is -1.36. The van der Waals surface area contributed by atoms with Gasteiger partial charge in [0, 0.05) is 0 Å². The molecule has 3 unspecified atom stereocenters. The first-order valence-corrected chi connectivity index (χ1v) is 8.24. The number of aliphatic carboxylic acids is 1. The molecule has 0 heterocycles. The monoisotopic (exact) mass is 366 g/mol. The quantitative estimate of drug-likeness (QED) is 0.141. The number of nitrogens with one attached hydrogen (secondary N) is 1. The largest absolute Gasteiger partial charge is 0.480 e. The maximum absolute atomic E-state index is 11.9. The van der Waals surface area contributed by atoms with Crippen LogP contribution < -0.4 is 11.1 Å². The lowest BCUT2D eigenvalue weighted by molar-refractivity contribution is -0.155. The predicted octanol–water partition coefficient (Wildman–Crippen LogP) is -1.34. The number of unbranched alkanes of at least 4 members (excludes halogenated alkanes) is 1. The lowest BCUT2D eigenvalue weighted by Gasteiger charge is -2.21. The van der Waals surface area contributed by atoms with Crippen LogP contribution in [0.4, 0.5) is 0 Å². The molecule has 0 saturated heterocycles. The number of nitrogens with two attached hydrogens (primary N) is 1. The maximum Gasteiger partial charge on any atom is 0.328 e. The summed E-state index contributed by atoms with van der Waals surface area (Å²) in [6, 6.07) is -2.66. The highest BCUT2D eigenvalue weighted by Gasteiger charge is 2.26. The van der Waals surface area contributed by atoms with Gasteiger partial charge in [0.1, 0.15) is 18.2 Å². The molecule has 1 amide bonds. The summed E-state index contributed by atoms with van der Waals surface area (Å²) in [6.07, 6.45) is -0.431. The van der Waals surface area contributed by atoms with Crippen LogP contribution in [0.3, 0.4) is 0 Å². The third-order valence-corrected chi connectivity index (χ3v) is 3.55. The van der Waals surface area contributed by atoms with Crippen molar-refractivity contribution in [2.24, 2.45) is 5.73 Å². The second kappa shape index (κ2) is 12.1. The topological polar surface area (TPSA) is 159 Å². The molecule has 10 heteroatoms. The first-order valence-electron chi connectivity index (χ1n) is 7.60. The van der Waals surface area contributed by atoms with Crippen LogP contribution in [0.25, 0.3) is 0 Å². The molecule has 0 spiro atoms. The number of carboxylic acid groups (broad SMARTS) is 1. The van der Waals surface area contributed by atoms with Gasteiger partial charge in [-0.05, 0) is 31.9 Å². The van der Waals surface area contributed by atoms with E-state index in [-0.39, 0.29) is 6.42 Å². The van der Waals surface area contributed by atoms with Gasteiger partial charge in [-0.3, -0.25) is 9.59 Å². The molecular weight excluding hydrogens is 340 g/mol. The summed E-state index contributed by atoms with van der Waals surface area (Å²) < 4.78 is 5.15. The summed E-state index contributed by atoms with van der Waals surface area (Å²) in [5.41, 5.74) is 5.49. The minimum atomic E-state index is -1.42. The summed E-state index contributed by atoms with van der Waals surface area (Å²) >= 11 is 4.07. The number of aliphatic hydroxyl groups is 2. The van der Waals surface area contributed by atoms with Crippen LogP contribution in [0.5, 0.6) is 0 Å². The number of hydrogen-bond acceptors (Lipinski definition) is 8. The van der Waals surface area contributed by atoms with Crippen molar-refractivity contribution in [3.63, 3.8) is 0 Å². The van der Waals surface area contributed by atoms with Crippen molar-refractivity contribution in [1.82, 2.24) is 5.32 Å². The molecule has 0 aromatic heterocycles. The van der Waals surface area contributed by atoms with E-state index in [4.69, 9.17) is 20.7 Å². The van der Waals surface area contributed by atoms with Gasteiger partial charge in [0.15, 0.2) is 0 Å². The van der Waals surface area contributed by atoms with E-state index in [1.165, 1.54) is 6.92 Å². The molecule has 4 atom stereocenters. The lowest BCUT2D eigenvalue weighted by atomic mass is 10.1. The van der Waals surface area contributed by atoms with Crippen molar-refractivity contribution in [2.75, 3.05) is 12.4 Å². The highest BCUT2D eigenvalue weighted by atomic mass is 32.1. The Morgan fingerprint density at radius 1 is 1.29 bits per heavy atom. The number of amides is 1. The fourth-order valence-corrected chi connectivity index (χ4v) is 2.00. The van der Waals surface area contributed by atoms with Gasteiger partial charge in [-0.25, -0.2) is 4.79 Å². The molecule has 0 aliphatic rings. The number of carbonyl (C=O) groups excluding carboxylic acids is 2. The standard InChI is InChI=1S/C14H26N2O7S/c1-8(18)12(15)14(22)23-9(4-2-3-5-24)6-11(19)16-10(7-17)13(20)21/h8-10,12,17-18,24H,2-7,15H2,1H3,(H,16,19)(H,20,21)/t8?,9?,10-,12?/m1/s1. The van der Waals surface area contributed by atoms with Crippen LogP contribution in [-0.4, -0.2) is 69.8 Å². The van der Waals surface area contributed by atoms with Crippen LogP contribution in [0, 0.1) is 0 Å². The van der Waals surface area contributed by atoms with E-state index in [2.05, 4.69) is 17.9 Å². The highest BCUT2D eigenvalue weighted by Crippen LogP contribution is 2.12. The second-order valence-corrected chi connectivity index (χ2v) is 5.84. The molecular formula is C14H26N2O7S. The van der Waals surface area contributed by atoms with E-state index in [1.54, 1.807) is 0 Å². The van der Waals surface area contributed by atoms with Crippen LogP contribution in [0.1, 0.15) is 32.6 Å². The number of ether oxygens (including phenoxy) is 1. The fourth-order valence-electron chi connectivity index (χ4n) is 1.77. The van der Waals surface area contributed by atoms with Gasteiger partial charge in [-0.15, -0.1) is 0 Å². The van der Waals surface area contributed by atoms with Crippen molar-refractivity contribution >= 4 is 30.5 Å². The zero-order valence-corrected chi connectivity index (χ0v) is 14.4. The number of aliphatic hydroxyl groups excluding tert-OH is 2. The molecule has 0 radical (unpaired) electrons. The van der Waals surface area contributed by atoms with Gasteiger partial charge < -0.3 is 31.1 Å². The smallest absolute Gasteiger partial charge is 0.328 e. The third-order valence-electron chi connectivity index (χ3n) is 3.24. The van der Waals surface area contributed by atoms with E-state index >= 15 is 0 Å².